The van der Waals surface area contributed by atoms with Gasteiger partial charge >= 0.3 is 5.97 Å². The number of aromatic carboxylic acids is 1. The fraction of sp³-hybridized carbons (Fsp3) is 0.533. The molecular formula is C15H22N2O2. The molecule has 4 heteroatoms. The fourth-order valence-electron chi connectivity index (χ4n) is 2.59. The monoisotopic (exact) mass is 262 g/mol. The second-order valence-corrected chi connectivity index (χ2v) is 5.18. The second kappa shape index (κ2) is 6.68. The van der Waals surface area contributed by atoms with E-state index in [1.807, 2.05) is 12.1 Å². The Balaban J connectivity index is 1.91. The zero-order valence-corrected chi connectivity index (χ0v) is 11.4. The highest BCUT2D eigenvalue weighted by Gasteiger charge is 2.18. The van der Waals surface area contributed by atoms with Gasteiger partial charge in [0.25, 0.3) is 0 Å². The highest BCUT2D eigenvalue weighted by Crippen LogP contribution is 2.11. The molecule has 0 bridgehead atoms. The largest absolute Gasteiger partial charge is 0.478 e. The second-order valence-electron chi connectivity index (χ2n) is 5.18. The van der Waals surface area contributed by atoms with Crippen LogP contribution in [0, 0.1) is 0 Å². The number of carboxylic acid groups (broad SMARTS) is 1. The van der Waals surface area contributed by atoms with Gasteiger partial charge in [-0.2, -0.15) is 0 Å². The molecule has 104 valence electrons. The van der Waals surface area contributed by atoms with Crippen molar-refractivity contribution in [2.24, 2.45) is 0 Å². The molecule has 1 aromatic carbocycles. The minimum atomic E-state index is -0.864. The Hall–Kier alpha value is -1.39. The topological polar surface area (TPSA) is 52.6 Å². The lowest BCUT2D eigenvalue weighted by molar-refractivity contribution is 0.0697. The molecule has 0 saturated carbocycles. The average Bonchev–Trinajstić information content (AvgIpc) is 2.40. The van der Waals surface area contributed by atoms with Crippen LogP contribution in [0.1, 0.15) is 35.7 Å². The summed E-state index contributed by atoms with van der Waals surface area (Å²) in [6, 6.07) is 7.80. The number of carbonyl (C=O) groups is 1. The van der Waals surface area contributed by atoms with Crippen LogP contribution in [0.3, 0.4) is 0 Å². The summed E-state index contributed by atoms with van der Waals surface area (Å²) in [6.07, 6.45) is 2.42. The average molecular weight is 262 g/mol. The summed E-state index contributed by atoms with van der Waals surface area (Å²) in [7, 11) is 0. The SMILES string of the molecule is CCCC1CN(Cc2ccc(C(=O)O)cc2)CCN1. The Morgan fingerprint density at radius 2 is 2.16 bits per heavy atom. The van der Waals surface area contributed by atoms with Crippen LogP contribution in [0.5, 0.6) is 0 Å². The molecule has 1 aromatic rings. The van der Waals surface area contributed by atoms with Crippen molar-refractivity contribution in [2.45, 2.75) is 32.4 Å². The molecule has 0 aliphatic carbocycles. The highest BCUT2D eigenvalue weighted by molar-refractivity contribution is 5.87. The van der Waals surface area contributed by atoms with Crippen molar-refractivity contribution in [1.29, 1.82) is 0 Å². The first kappa shape index (κ1) is 14.0. The third-order valence-electron chi connectivity index (χ3n) is 3.58. The molecule has 1 aliphatic rings. The Bertz CT molecular complexity index is 415. The molecule has 0 radical (unpaired) electrons. The first-order chi connectivity index (χ1) is 9.19. The van der Waals surface area contributed by atoms with E-state index in [-0.39, 0.29) is 0 Å². The van der Waals surface area contributed by atoms with Gasteiger partial charge < -0.3 is 10.4 Å². The minimum Gasteiger partial charge on any atom is -0.478 e. The van der Waals surface area contributed by atoms with Gasteiger partial charge in [-0.1, -0.05) is 25.5 Å². The van der Waals surface area contributed by atoms with Crippen LogP contribution < -0.4 is 5.32 Å². The van der Waals surface area contributed by atoms with Gasteiger partial charge in [0.2, 0.25) is 0 Å². The fourth-order valence-corrected chi connectivity index (χ4v) is 2.59. The zero-order valence-electron chi connectivity index (χ0n) is 11.4. The highest BCUT2D eigenvalue weighted by atomic mass is 16.4. The Kier molecular flexibility index (Phi) is 4.93. The van der Waals surface area contributed by atoms with Crippen molar-refractivity contribution in [2.75, 3.05) is 19.6 Å². The van der Waals surface area contributed by atoms with Gasteiger partial charge in [0.1, 0.15) is 0 Å². The third-order valence-corrected chi connectivity index (χ3v) is 3.58. The van der Waals surface area contributed by atoms with Crippen LogP contribution in [0.25, 0.3) is 0 Å². The lowest BCUT2D eigenvalue weighted by atomic mass is 10.1. The number of carboxylic acids is 1. The summed E-state index contributed by atoms with van der Waals surface area (Å²) in [5.74, 6) is -0.864. The predicted octanol–water partition coefficient (Wildman–Crippen LogP) is 1.96. The molecule has 4 nitrogen and oxygen atoms in total. The van der Waals surface area contributed by atoms with Gasteiger partial charge in [0.05, 0.1) is 5.56 Å². The Labute approximate surface area is 114 Å². The lowest BCUT2D eigenvalue weighted by Gasteiger charge is -2.33. The van der Waals surface area contributed by atoms with Gasteiger partial charge in [0, 0.05) is 32.2 Å². The maximum Gasteiger partial charge on any atom is 0.335 e. The molecule has 2 rings (SSSR count). The number of nitrogens with one attached hydrogen (secondary N) is 1. The molecule has 1 atom stereocenters. The smallest absolute Gasteiger partial charge is 0.335 e. The van der Waals surface area contributed by atoms with Crippen LogP contribution in [0.2, 0.25) is 0 Å². The van der Waals surface area contributed by atoms with Gasteiger partial charge in [-0.05, 0) is 24.1 Å². The summed E-state index contributed by atoms with van der Waals surface area (Å²) >= 11 is 0. The summed E-state index contributed by atoms with van der Waals surface area (Å²) in [6.45, 7) is 6.29. The van der Waals surface area contributed by atoms with Crippen LogP contribution in [-0.4, -0.2) is 41.7 Å². The lowest BCUT2D eigenvalue weighted by Crippen LogP contribution is -2.50. The molecule has 1 saturated heterocycles. The molecule has 2 N–H and O–H groups in total. The van der Waals surface area contributed by atoms with Crippen LogP contribution in [-0.2, 0) is 6.54 Å². The van der Waals surface area contributed by atoms with Gasteiger partial charge in [-0.3, -0.25) is 4.90 Å². The maximum absolute atomic E-state index is 10.8. The van der Waals surface area contributed by atoms with E-state index in [0.29, 0.717) is 11.6 Å². The van der Waals surface area contributed by atoms with Crippen molar-refractivity contribution in [3.63, 3.8) is 0 Å². The number of hydrogen-bond donors (Lipinski definition) is 2. The van der Waals surface area contributed by atoms with Crippen molar-refractivity contribution in [1.82, 2.24) is 10.2 Å². The molecule has 1 unspecified atom stereocenters. The molecule has 19 heavy (non-hydrogen) atoms. The summed E-state index contributed by atoms with van der Waals surface area (Å²) < 4.78 is 0. The maximum atomic E-state index is 10.8. The van der Waals surface area contributed by atoms with Gasteiger partial charge in [-0.25, -0.2) is 4.79 Å². The van der Waals surface area contributed by atoms with E-state index in [2.05, 4.69) is 17.1 Å². The molecule has 1 aliphatic heterocycles. The van der Waals surface area contributed by atoms with Crippen molar-refractivity contribution in [3.05, 3.63) is 35.4 Å². The van der Waals surface area contributed by atoms with Crippen LogP contribution in [0.15, 0.2) is 24.3 Å². The zero-order chi connectivity index (χ0) is 13.7. The van der Waals surface area contributed by atoms with Crippen molar-refractivity contribution < 1.29 is 9.90 Å². The summed E-state index contributed by atoms with van der Waals surface area (Å²) in [5, 5.41) is 12.4. The first-order valence-corrected chi connectivity index (χ1v) is 6.97. The van der Waals surface area contributed by atoms with E-state index in [0.717, 1.165) is 26.2 Å². The van der Waals surface area contributed by atoms with E-state index < -0.39 is 5.97 Å². The normalized spacial score (nSPS) is 20.4. The van der Waals surface area contributed by atoms with Crippen molar-refractivity contribution in [3.8, 4) is 0 Å². The van der Waals surface area contributed by atoms with E-state index >= 15 is 0 Å². The Morgan fingerprint density at radius 1 is 1.42 bits per heavy atom. The van der Waals surface area contributed by atoms with Gasteiger partial charge in [-0.15, -0.1) is 0 Å². The van der Waals surface area contributed by atoms with E-state index in [1.165, 1.54) is 18.4 Å². The molecule has 1 fully saturated rings. The molecule has 1 heterocycles. The predicted molar refractivity (Wildman–Crippen MR) is 75.4 cm³/mol. The minimum absolute atomic E-state index is 0.355. The summed E-state index contributed by atoms with van der Waals surface area (Å²) in [5.41, 5.74) is 1.54. The number of nitrogens with zero attached hydrogens (tertiary/aromatic N) is 1. The summed E-state index contributed by atoms with van der Waals surface area (Å²) in [4.78, 5) is 13.2. The van der Waals surface area contributed by atoms with Gasteiger partial charge in [0.15, 0.2) is 0 Å². The molecular weight excluding hydrogens is 240 g/mol. The molecule has 0 amide bonds. The molecule has 0 aromatic heterocycles. The van der Waals surface area contributed by atoms with E-state index in [1.54, 1.807) is 12.1 Å². The third kappa shape index (κ3) is 4.04. The first-order valence-electron chi connectivity index (χ1n) is 6.97. The number of rotatable bonds is 5. The number of benzene rings is 1. The number of piperazine rings is 1. The Morgan fingerprint density at radius 3 is 2.79 bits per heavy atom. The van der Waals surface area contributed by atoms with Crippen LogP contribution >= 0.6 is 0 Å². The van der Waals surface area contributed by atoms with E-state index in [9.17, 15) is 4.79 Å². The standard InChI is InChI=1S/C15H22N2O2/c1-2-3-14-11-17(9-8-16-14)10-12-4-6-13(7-5-12)15(18)19/h4-7,14,16H,2-3,8-11H2,1H3,(H,18,19). The van der Waals surface area contributed by atoms with Crippen molar-refractivity contribution >= 4 is 5.97 Å². The molecule has 0 spiro atoms. The number of hydrogen-bond acceptors (Lipinski definition) is 3. The van der Waals surface area contributed by atoms with E-state index in [4.69, 9.17) is 5.11 Å². The quantitative estimate of drug-likeness (QED) is 0.851. The van der Waals surface area contributed by atoms with Crippen LogP contribution in [0.4, 0.5) is 0 Å².